The van der Waals surface area contributed by atoms with Gasteiger partial charge in [0, 0.05) is 24.5 Å². The van der Waals surface area contributed by atoms with E-state index in [2.05, 4.69) is 26.3 Å². The van der Waals surface area contributed by atoms with E-state index in [1.54, 1.807) is 48.7 Å². The highest BCUT2D eigenvalue weighted by molar-refractivity contribution is 6.15. The van der Waals surface area contributed by atoms with Gasteiger partial charge in [0.1, 0.15) is 22.9 Å². The molecule has 7 nitrogen and oxygen atoms in total. The third-order valence-electron chi connectivity index (χ3n) is 5.61. The Bertz CT molecular complexity index is 1410. The van der Waals surface area contributed by atoms with Crippen LogP contribution in [0.4, 0.5) is 38.6 Å². The number of rotatable bonds is 5. The molecule has 0 atom stereocenters. The largest absolute Gasteiger partial charge is 0.508 e. The van der Waals surface area contributed by atoms with Crippen molar-refractivity contribution in [2.45, 2.75) is 13.5 Å². The minimum absolute atomic E-state index is 0.125. The Labute approximate surface area is 195 Å². The predicted molar refractivity (Wildman–Crippen MR) is 132 cm³/mol. The first kappa shape index (κ1) is 21.3. The van der Waals surface area contributed by atoms with Gasteiger partial charge in [-0.25, -0.2) is 9.37 Å². The Hall–Kier alpha value is -4.59. The Morgan fingerprint density at radius 2 is 1.79 bits per heavy atom. The van der Waals surface area contributed by atoms with E-state index < -0.39 is 0 Å². The van der Waals surface area contributed by atoms with E-state index in [1.165, 1.54) is 6.07 Å². The average molecular weight is 455 g/mol. The third-order valence-corrected chi connectivity index (χ3v) is 5.61. The van der Waals surface area contributed by atoms with Crippen molar-refractivity contribution in [3.05, 3.63) is 95.4 Å². The van der Waals surface area contributed by atoms with Gasteiger partial charge in [0.05, 0.1) is 22.7 Å². The van der Waals surface area contributed by atoms with Crippen LogP contribution in [-0.4, -0.2) is 16.0 Å². The normalized spacial score (nSPS) is 12.0. The number of hydrogen-bond acceptors (Lipinski definition) is 6. The van der Waals surface area contributed by atoms with Gasteiger partial charge < -0.3 is 26.4 Å². The number of phenolic OH excluding ortho intramolecular Hbond substituents is 1. The number of aromatic nitrogens is 1. The molecule has 8 heteroatoms. The minimum Gasteiger partial charge on any atom is -0.508 e. The van der Waals surface area contributed by atoms with Crippen LogP contribution in [0.25, 0.3) is 0 Å². The molecule has 1 amide bonds. The van der Waals surface area contributed by atoms with Crippen molar-refractivity contribution in [1.82, 2.24) is 4.98 Å². The number of amides is 1. The van der Waals surface area contributed by atoms with E-state index in [0.29, 0.717) is 46.4 Å². The van der Waals surface area contributed by atoms with E-state index >= 15 is 0 Å². The molecular weight excluding hydrogens is 433 g/mol. The molecule has 5 N–H and O–H groups in total. The number of fused-ring (bicyclic) bond motifs is 2. The lowest BCUT2D eigenvalue weighted by Crippen LogP contribution is -2.14. The monoisotopic (exact) mass is 455 g/mol. The highest BCUT2D eigenvalue weighted by Crippen LogP contribution is 2.36. The molecular formula is C26H22FN5O2. The summed E-state index contributed by atoms with van der Waals surface area (Å²) in [4.78, 5) is 17.6. The number of halogens is 1. The summed E-state index contributed by atoms with van der Waals surface area (Å²) in [6.45, 7) is 2.30. The molecule has 4 aromatic rings. The lowest BCUT2D eigenvalue weighted by molar-refractivity contribution is 0.102. The fourth-order valence-corrected chi connectivity index (χ4v) is 3.81. The van der Waals surface area contributed by atoms with Crippen LogP contribution in [0.3, 0.4) is 0 Å². The number of hydrogen-bond donors (Lipinski definition) is 5. The van der Waals surface area contributed by atoms with E-state index in [0.717, 1.165) is 11.1 Å². The smallest absolute Gasteiger partial charge is 0.261 e. The molecule has 0 spiro atoms. The first-order valence-electron chi connectivity index (χ1n) is 10.7. The van der Waals surface area contributed by atoms with Crippen LogP contribution in [0.15, 0.2) is 72.9 Å². The molecule has 170 valence electrons. The van der Waals surface area contributed by atoms with Crippen molar-refractivity contribution in [1.29, 1.82) is 0 Å². The standard InChI is InChI=1S/C26H22FN5O2/c1-15-6-8-17(33)13-22(15)30-21-10-11-28-25-24(21)26(34)32-23-12-16(7-9-20(23)31-25)14-29-19-5-3-2-4-18(19)27/h2-13,29,33H,14H2,1H3,(H,32,34)(H2,28,30,31). The highest BCUT2D eigenvalue weighted by Gasteiger charge is 2.24. The number of aryl methyl sites for hydroxylation is 1. The van der Waals surface area contributed by atoms with Crippen molar-refractivity contribution in [2.75, 3.05) is 21.3 Å². The van der Waals surface area contributed by atoms with Crippen LogP contribution in [-0.2, 0) is 6.54 Å². The summed E-state index contributed by atoms with van der Waals surface area (Å²) in [6.07, 6.45) is 1.61. The fraction of sp³-hybridized carbons (Fsp3) is 0.0769. The Morgan fingerprint density at radius 3 is 2.65 bits per heavy atom. The molecule has 0 radical (unpaired) electrons. The number of phenols is 1. The molecule has 0 aliphatic carbocycles. The first-order chi connectivity index (χ1) is 16.5. The Kier molecular flexibility index (Phi) is 5.47. The van der Waals surface area contributed by atoms with Gasteiger partial charge in [0.25, 0.3) is 5.91 Å². The van der Waals surface area contributed by atoms with Crippen molar-refractivity contribution in [2.24, 2.45) is 0 Å². The summed E-state index contributed by atoms with van der Waals surface area (Å²) in [5, 5.41) is 22.3. The van der Waals surface area contributed by atoms with Crippen molar-refractivity contribution in [3.8, 4) is 5.75 Å². The number of pyridine rings is 1. The molecule has 34 heavy (non-hydrogen) atoms. The van der Waals surface area contributed by atoms with E-state index in [9.17, 15) is 14.3 Å². The molecule has 5 rings (SSSR count). The fourth-order valence-electron chi connectivity index (χ4n) is 3.81. The van der Waals surface area contributed by atoms with Crippen LogP contribution in [0.5, 0.6) is 5.75 Å². The lowest BCUT2D eigenvalue weighted by atomic mass is 10.1. The number of nitrogens with one attached hydrogen (secondary N) is 4. The summed E-state index contributed by atoms with van der Waals surface area (Å²) in [5.41, 5.74) is 5.08. The molecule has 0 unspecified atom stereocenters. The van der Waals surface area contributed by atoms with Crippen LogP contribution >= 0.6 is 0 Å². The maximum Gasteiger partial charge on any atom is 0.261 e. The molecule has 1 aromatic heterocycles. The zero-order valence-corrected chi connectivity index (χ0v) is 18.3. The molecule has 0 saturated heterocycles. The second-order valence-corrected chi connectivity index (χ2v) is 8.00. The van der Waals surface area contributed by atoms with E-state index in [1.807, 2.05) is 25.1 Å². The molecule has 1 aliphatic heterocycles. The van der Waals surface area contributed by atoms with Gasteiger partial charge in [-0.2, -0.15) is 0 Å². The third kappa shape index (κ3) is 4.21. The highest BCUT2D eigenvalue weighted by atomic mass is 19.1. The Balaban J connectivity index is 1.41. The number of nitrogens with zero attached hydrogens (tertiary/aromatic N) is 1. The van der Waals surface area contributed by atoms with E-state index in [-0.39, 0.29) is 17.5 Å². The number of carbonyl (C=O) groups excluding carboxylic acids is 1. The minimum atomic E-state index is -0.325. The zero-order chi connectivity index (χ0) is 23.7. The van der Waals surface area contributed by atoms with Crippen molar-refractivity contribution >= 4 is 40.2 Å². The zero-order valence-electron chi connectivity index (χ0n) is 18.3. The van der Waals surface area contributed by atoms with Crippen LogP contribution in [0.1, 0.15) is 21.5 Å². The number of aromatic hydroxyl groups is 1. The molecule has 0 saturated carbocycles. The quantitative estimate of drug-likeness (QED) is 0.257. The van der Waals surface area contributed by atoms with Gasteiger partial charge in [-0.3, -0.25) is 4.79 Å². The van der Waals surface area contributed by atoms with Gasteiger partial charge >= 0.3 is 0 Å². The maximum atomic E-state index is 13.9. The average Bonchev–Trinajstić information content (AvgIpc) is 2.96. The second kappa shape index (κ2) is 8.74. The van der Waals surface area contributed by atoms with Gasteiger partial charge in [0.15, 0.2) is 0 Å². The molecule has 1 aliphatic rings. The topological polar surface area (TPSA) is 98.3 Å². The molecule has 2 heterocycles. The lowest BCUT2D eigenvalue weighted by Gasteiger charge is -2.14. The summed E-state index contributed by atoms with van der Waals surface area (Å²) < 4.78 is 13.9. The van der Waals surface area contributed by atoms with Gasteiger partial charge in [-0.1, -0.05) is 24.3 Å². The number of anilines is 6. The molecule has 0 bridgehead atoms. The van der Waals surface area contributed by atoms with Crippen molar-refractivity contribution in [3.63, 3.8) is 0 Å². The molecule has 0 fully saturated rings. The number of benzene rings is 3. The number of carbonyl (C=O) groups is 1. The summed E-state index contributed by atoms with van der Waals surface area (Å²) in [7, 11) is 0. The maximum absolute atomic E-state index is 13.9. The van der Waals surface area contributed by atoms with Crippen LogP contribution in [0.2, 0.25) is 0 Å². The number of para-hydroxylation sites is 1. The van der Waals surface area contributed by atoms with Gasteiger partial charge in [-0.05, 0) is 54.4 Å². The predicted octanol–water partition coefficient (Wildman–Crippen LogP) is 5.90. The Morgan fingerprint density at radius 1 is 0.941 bits per heavy atom. The van der Waals surface area contributed by atoms with Gasteiger partial charge in [-0.15, -0.1) is 0 Å². The first-order valence-corrected chi connectivity index (χ1v) is 10.7. The van der Waals surface area contributed by atoms with Crippen LogP contribution < -0.4 is 21.3 Å². The summed E-state index contributed by atoms with van der Waals surface area (Å²) >= 11 is 0. The summed E-state index contributed by atoms with van der Waals surface area (Å²) in [6, 6.07) is 18.8. The van der Waals surface area contributed by atoms with Crippen LogP contribution in [0, 0.1) is 12.7 Å². The van der Waals surface area contributed by atoms with Crippen molar-refractivity contribution < 1.29 is 14.3 Å². The van der Waals surface area contributed by atoms with Gasteiger partial charge in [0.2, 0.25) is 0 Å². The SMILES string of the molecule is Cc1ccc(O)cc1Nc1ccnc2c1C(=O)Nc1cc(CNc3ccccc3F)ccc1N2. The summed E-state index contributed by atoms with van der Waals surface area (Å²) in [5.74, 6) is -0.110. The van der Waals surface area contributed by atoms with E-state index in [4.69, 9.17) is 0 Å². The second-order valence-electron chi connectivity index (χ2n) is 8.00. The molecule has 3 aromatic carbocycles.